The summed E-state index contributed by atoms with van der Waals surface area (Å²) < 4.78 is 0. The van der Waals surface area contributed by atoms with Crippen molar-refractivity contribution in [3.8, 4) is 0 Å². The molecule has 0 aromatic heterocycles. The van der Waals surface area contributed by atoms with Crippen LogP contribution in [0.5, 0.6) is 0 Å². The van der Waals surface area contributed by atoms with E-state index in [4.69, 9.17) is 5.11 Å². The van der Waals surface area contributed by atoms with E-state index in [1.54, 1.807) is 13.8 Å². The highest BCUT2D eigenvalue weighted by Gasteiger charge is 2.07. The van der Waals surface area contributed by atoms with Crippen LogP contribution in [-0.2, 0) is 4.79 Å². The number of carbonyl (C=O) groups is 1. The molecule has 0 aromatic carbocycles. The fourth-order valence-electron chi connectivity index (χ4n) is 0.441. The standard InChI is InChI=1S/C6H13NO2/c1-4(5(2)8)7-6(3)9/h4-5,8H,1-3H3,(H,7,9). The zero-order valence-corrected chi connectivity index (χ0v) is 6.01. The maximum atomic E-state index is 10.3. The minimum atomic E-state index is -0.478. The van der Waals surface area contributed by atoms with E-state index in [0.29, 0.717) is 0 Å². The highest BCUT2D eigenvalue weighted by Crippen LogP contribution is 1.88. The minimum Gasteiger partial charge on any atom is -0.391 e. The van der Waals surface area contributed by atoms with E-state index in [-0.39, 0.29) is 11.9 Å². The monoisotopic (exact) mass is 131 g/mol. The van der Waals surface area contributed by atoms with Crippen LogP contribution in [0.1, 0.15) is 20.8 Å². The number of hydrogen-bond donors (Lipinski definition) is 2. The van der Waals surface area contributed by atoms with Gasteiger partial charge in [0, 0.05) is 6.92 Å². The van der Waals surface area contributed by atoms with Gasteiger partial charge in [0.15, 0.2) is 0 Å². The number of hydrogen-bond acceptors (Lipinski definition) is 2. The molecule has 0 radical (unpaired) electrons. The normalized spacial score (nSPS) is 16.4. The maximum absolute atomic E-state index is 10.3. The summed E-state index contributed by atoms with van der Waals surface area (Å²) in [6.45, 7) is 4.82. The zero-order chi connectivity index (χ0) is 7.44. The SMILES string of the molecule is CC(=O)NC(C)C(C)O. The van der Waals surface area contributed by atoms with Gasteiger partial charge in [-0.05, 0) is 13.8 Å². The lowest BCUT2D eigenvalue weighted by Crippen LogP contribution is -2.38. The van der Waals surface area contributed by atoms with E-state index >= 15 is 0 Å². The van der Waals surface area contributed by atoms with Crippen molar-refractivity contribution in [2.24, 2.45) is 0 Å². The fourth-order valence-corrected chi connectivity index (χ4v) is 0.441. The van der Waals surface area contributed by atoms with Crippen molar-refractivity contribution < 1.29 is 9.90 Å². The molecule has 1 amide bonds. The van der Waals surface area contributed by atoms with Crippen LogP contribution < -0.4 is 5.32 Å². The van der Waals surface area contributed by atoms with E-state index in [1.807, 2.05) is 0 Å². The third-order valence-corrected chi connectivity index (χ3v) is 1.15. The lowest BCUT2D eigenvalue weighted by atomic mass is 10.2. The van der Waals surface area contributed by atoms with Crippen molar-refractivity contribution in [1.29, 1.82) is 0 Å². The van der Waals surface area contributed by atoms with Crippen LogP contribution in [0.4, 0.5) is 0 Å². The lowest BCUT2D eigenvalue weighted by Gasteiger charge is -2.14. The van der Waals surface area contributed by atoms with Gasteiger partial charge in [-0.2, -0.15) is 0 Å². The fraction of sp³-hybridized carbons (Fsp3) is 0.833. The molecule has 0 aliphatic carbocycles. The molecule has 0 aliphatic heterocycles. The third kappa shape index (κ3) is 3.97. The molecule has 0 spiro atoms. The first-order chi connectivity index (χ1) is 4.04. The van der Waals surface area contributed by atoms with Crippen LogP contribution in [0.15, 0.2) is 0 Å². The van der Waals surface area contributed by atoms with Gasteiger partial charge in [-0.15, -0.1) is 0 Å². The summed E-state index contributed by atoms with van der Waals surface area (Å²) in [6.07, 6.45) is -0.478. The van der Waals surface area contributed by atoms with Crippen LogP contribution in [0.2, 0.25) is 0 Å². The molecule has 0 saturated heterocycles. The van der Waals surface area contributed by atoms with Crippen molar-refractivity contribution >= 4 is 5.91 Å². The van der Waals surface area contributed by atoms with Gasteiger partial charge in [0.2, 0.25) is 5.91 Å². The Bertz CT molecular complexity index is 101. The Morgan fingerprint density at radius 2 is 2.00 bits per heavy atom. The molecular weight excluding hydrogens is 118 g/mol. The molecule has 2 atom stereocenters. The predicted molar refractivity (Wildman–Crippen MR) is 35.0 cm³/mol. The number of amides is 1. The lowest BCUT2D eigenvalue weighted by molar-refractivity contribution is -0.120. The van der Waals surface area contributed by atoms with Crippen LogP contribution >= 0.6 is 0 Å². The Morgan fingerprint density at radius 1 is 1.56 bits per heavy atom. The van der Waals surface area contributed by atoms with Gasteiger partial charge >= 0.3 is 0 Å². The summed E-state index contributed by atoms with van der Waals surface area (Å²) >= 11 is 0. The zero-order valence-electron chi connectivity index (χ0n) is 6.01. The summed E-state index contributed by atoms with van der Waals surface area (Å²) in [7, 11) is 0. The molecule has 0 fully saturated rings. The van der Waals surface area contributed by atoms with Gasteiger partial charge in [0.1, 0.15) is 0 Å². The Kier molecular flexibility index (Phi) is 3.24. The van der Waals surface area contributed by atoms with E-state index < -0.39 is 6.10 Å². The molecule has 2 unspecified atom stereocenters. The number of aliphatic hydroxyl groups excluding tert-OH is 1. The van der Waals surface area contributed by atoms with Gasteiger partial charge in [0.25, 0.3) is 0 Å². The van der Waals surface area contributed by atoms with E-state index in [1.165, 1.54) is 6.92 Å². The molecule has 0 aromatic rings. The number of nitrogens with one attached hydrogen (secondary N) is 1. The Balaban J connectivity index is 3.50. The molecule has 3 heteroatoms. The maximum Gasteiger partial charge on any atom is 0.217 e. The van der Waals surface area contributed by atoms with Crippen molar-refractivity contribution in [3.05, 3.63) is 0 Å². The smallest absolute Gasteiger partial charge is 0.217 e. The van der Waals surface area contributed by atoms with Crippen LogP contribution in [0.25, 0.3) is 0 Å². The number of carbonyl (C=O) groups excluding carboxylic acids is 1. The quantitative estimate of drug-likeness (QED) is 0.549. The molecule has 0 saturated carbocycles. The Morgan fingerprint density at radius 3 is 2.11 bits per heavy atom. The topological polar surface area (TPSA) is 49.3 Å². The van der Waals surface area contributed by atoms with Gasteiger partial charge in [-0.1, -0.05) is 0 Å². The molecule has 0 rings (SSSR count). The van der Waals surface area contributed by atoms with E-state index in [9.17, 15) is 4.79 Å². The van der Waals surface area contributed by atoms with Crippen LogP contribution in [0, 0.1) is 0 Å². The molecule has 0 heterocycles. The number of aliphatic hydroxyl groups is 1. The highest BCUT2D eigenvalue weighted by atomic mass is 16.3. The van der Waals surface area contributed by atoms with Crippen molar-refractivity contribution in [2.75, 3.05) is 0 Å². The second kappa shape index (κ2) is 3.45. The van der Waals surface area contributed by atoms with E-state index in [0.717, 1.165) is 0 Å². The van der Waals surface area contributed by atoms with Gasteiger partial charge in [-0.3, -0.25) is 4.79 Å². The average molecular weight is 131 g/mol. The average Bonchev–Trinajstić information content (AvgIpc) is 1.63. The van der Waals surface area contributed by atoms with Gasteiger partial charge < -0.3 is 10.4 Å². The van der Waals surface area contributed by atoms with Gasteiger partial charge in [-0.25, -0.2) is 0 Å². The Labute approximate surface area is 55.1 Å². The number of rotatable bonds is 2. The van der Waals surface area contributed by atoms with Crippen LogP contribution in [-0.4, -0.2) is 23.2 Å². The van der Waals surface area contributed by atoms with Gasteiger partial charge in [0.05, 0.1) is 12.1 Å². The van der Waals surface area contributed by atoms with Crippen LogP contribution in [0.3, 0.4) is 0 Å². The first-order valence-corrected chi connectivity index (χ1v) is 2.99. The van der Waals surface area contributed by atoms with Crippen molar-refractivity contribution in [2.45, 2.75) is 32.9 Å². The molecule has 0 bridgehead atoms. The molecule has 9 heavy (non-hydrogen) atoms. The van der Waals surface area contributed by atoms with Crippen molar-refractivity contribution in [1.82, 2.24) is 5.32 Å². The first kappa shape index (κ1) is 8.43. The summed E-state index contributed by atoms with van der Waals surface area (Å²) in [6, 6.07) is -0.150. The second-order valence-corrected chi connectivity index (χ2v) is 2.23. The molecule has 3 nitrogen and oxygen atoms in total. The molecular formula is C6H13NO2. The third-order valence-electron chi connectivity index (χ3n) is 1.15. The summed E-state index contributed by atoms with van der Waals surface area (Å²) in [5.74, 6) is -0.108. The minimum absolute atomic E-state index is 0.108. The summed E-state index contributed by atoms with van der Waals surface area (Å²) in [5.41, 5.74) is 0. The highest BCUT2D eigenvalue weighted by molar-refractivity contribution is 5.73. The van der Waals surface area contributed by atoms with E-state index in [2.05, 4.69) is 5.32 Å². The largest absolute Gasteiger partial charge is 0.391 e. The summed E-state index contributed by atoms with van der Waals surface area (Å²) in [4.78, 5) is 10.3. The Hall–Kier alpha value is -0.570. The predicted octanol–water partition coefficient (Wildman–Crippen LogP) is -0.108. The molecule has 2 N–H and O–H groups in total. The second-order valence-electron chi connectivity index (χ2n) is 2.23. The molecule has 54 valence electrons. The summed E-state index contributed by atoms with van der Waals surface area (Å²) in [5, 5.41) is 11.4. The first-order valence-electron chi connectivity index (χ1n) is 2.99. The van der Waals surface area contributed by atoms with Crippen molar-refractivity contribution in [3.63, 3.8) is 0 Å². The molecule has 0 aliphatic rings.